The molecule has 0 radical (unpaired) electrons. The Balaban J connectivity index is 1.82. The highest BCUT2D eigenvalue weighted by Gasteiger charge is 2.30. The highest BCUT2D eigenvalue weighted by molar-refractivity contribution is 5.93. The quantitative estimate of drug-likeness (QED) is 0.515. The van der Waals surface area contributed by atoms with E-state index in [2.05, 4.69) is 28.9 Å². The lowest BCUT2D eigenvalue weighted by Crippen LogP contribution is -2.33. The van der Waals surface area contributed by atoms with Gasteiger partial charge in [0.15, 0.2) is 0 Å². The Morgan fingerprint density at radius 2 is 2.03 bits per heavy atom. The first-order valence-corrected chi connectivity index (χ1v) is 10.5. The number of hydrogen-bond donors (Lipinski definition) is 0. The smallest absolute Gasteiger partial charge is 0.262 e. The van der Waals surface area contributed by atoms with Crippen molar-refractivity contribution in [3.05, 3.63) is 53.2 Å². The second-order valence-corrected chi connectivity index (χ2v) is 8.29. The molecule has 0 aliphatic heterocycles. The fourth-order valence-electron chi connectivity index (χ4n) is 4.78. The van der Waals surface area contributed by atoms with Gasteiger partial charge in [-0.25, -0.2) is 4.98 Å². The third-order valence-corrected chi connectivity index (χ3v) is 6.66. The van der Waals surface area contributed by atoms with Crippen molar-refractivity contribution in [3.63, 3.8) is 0 Å². The molecular formula is C23H25N5O2. The molecule has 3 atom stereocenters. The number of pyridine rings is 1. The molecule has 1 fully saturated rings. The van der Waals surface area contributed by atoms with Crippen LogP contribution in [-0.4, -0.2) is 31.3 Å². The van der Waals surface area contributed by atoms with Gasteiger partial charge in [-0.1, -0.05) is 38.8 Å². The van der Waals surface area contributed by atoms with Crippen LogP contribution in [0.25, 0.3) is 27.9 Å². The van der Waals surface area contributed by atoms with Crippen molar-refractivity contribution in [2.75, 3.05) is 7.11 Å². The summed E-state index contributed by atoms with van der Waals surface area (Å²) in [7, 11) is 1.63. The number of hydrogen-bond acceptors (Lipinski definition) is 5. The third kappa shape index (κ3) is 2.88. The van der Waals surface area contributed by atoms with E-state index >= 15 is 0 Å². The molecule has 0 saturated heterocycles. The summed E-state index contributed by atoms with van der Waals surface area (Å²) >= 11 is 0. The molecule has 3 aromatic heterocycles. The molecule has 4 aromatic rings. The molecule has 0 N–H and O–H groups in total. The van der Waals surface area contributed by atoms with Crippen molar-refractivity contribution < 1.29 is 4.74 Å². The van der Waals surface area contributed by atoms with Gasteiger partial charge in [-0.2, -0.15) is 14.6 Å². The minimum absolute atomic E-state index is 0.0267. The van der Waals surface area contributed by atoms with Gasteiger partial charge in [0.2, 0.25) is 0 Å². The minimum atomic E-state index is -0.0267. The van der Waals surface area contributed by atoms with Crippen LogP contribution in [0.2, 0.25) is 0 Å². The number of ether oxygens (including phenoxy) is 1. The standard InChI is InChI=1S/C23H25N5O2/c1-14-6-4-9-19(15(14)2)27-11-10-18-20(22(27)29)21(28-23(26-18)24-13-25-28)16-7-5-8-17(12-16)30-3/h5,7-8,10-15,19H,4,6,9H2,1-3H3/t14-,15+,19+/m1/s1. The maximum atomic E-state index is 13.8. The van der Waals surface area contributed by atoms with E-state index in [-0.39, 0.29) is 11.6 Å². The van der Waals surface area contributed by atoms with Crippen LogP contribution in [0, 0.1) is 11.8 Å². The average Bonchev–Trinajstić information content (AvgIpc) is 3.23. The molecule has 5 rings (SSSR count). The molecule has 1 aliphatic rings. The summed E-state index contributed by atoms with van der Waals surface area (Å²) < 4.78 is 8.97. The van der Waals surface area contributed by atoms with Gasteiger partial charge >= 0.3 is 0 Å². The largest absolute Gasteiger partial charge is 0.497 e. The first kappa shape index (κ1) is 18.8. The highest BCUT2D eigenvalue weighted by atomic mass is 16.5. The number of fused-ring (bicyclic) bond motifs is 2. The lowest BCUT2D eigenvalue weighted by Gasteiger charge is -2.35. The van der Waals surface area contributed by atoms with E-state index < -0.39 is 0 Å². The molecule has 1 saturated carbocycles. The SMILES string of the molecule is COc1cccc(-c2c3c(=O)n([C@H]4CCC[C@@H](C)[C@@H]4C)ccc3nc3ncnn23)c1. The van der Waals surface area contributed by atoms with Crippen molar-refractivity contribution in [1.29, 1.82) is 0 Å². The predicted molar refractivity (Wildman–Crippen MR) is 116 cm³/mol. The monoisotopic (exact) mass is 403 g/mol. The maximum absolute atomic E-state index is 13.8. The van der Waals surface area contributed by atoms with Gasteiger partial charge in [0.05, 0.1) is 23.7 Å². The topological polar surface area (TPSA) is 74.3 Å². The van der Waals surface area contributed by atoms with Gasteiger partial charge in [-0.15, -0.1) is 0 Å². The van der Waals surface area contributed by atoms with Crippen molar-refractivity contribution in [1.82, 2.24) is 24.1 Å². The normalized spacial score (nSPS) is 21.9. The lowest BCUT2D eigenvalue weighted by atomic mass is 9.78. The lowest BCUT2D eigenvalue weighted by molar-refractivity contribution is 0.183. The molecule has 1 aromatic carbocycles. The summed E-state index contributed by atoms with van der Waals surface area (Å²) in [6, 6.07) is 9.79. The van der Waals surface area contributed by atoms with Gasteiger partial charge in [-0.05, 0) is 36.5 Å². The Morgan fingerprint density at radius 1 is 1.17 bits per heavy atom. The van der Waals surface area contributed by atoms with Gasteiger partial charge in [-0.3, -0.25) is 4.79 Å². The van der Waals surface area contributed by atoms with E-state index in [9.17, 15) is 4.79 Å². The van der Waals surface area contributed by atoms with E-state index in [1.807, 2.05) is 41.1 Å². The Hall–Kier alpha value is -3.22. The van der Waals surface area contributed by atoms with Gasteiger partial charge in [0, 0.05) is 17.8 Å². The van der Waals surface area contributed by atoms with E-state index in [0.717, 1.165) is 24.2 Å². The molecule has 0 amide bonds. The Morgan fingerprint density at radius 3 is 2.87 bits per heavy atom. The van der Waals surface area contributed by atoms with E-state index in [0.29, 0.717) is 34.2 Å². The summed E-state index contributed by atoms with van der Waals surface area (Å²) in [6.45, 7) is 4.54. The molecular weight excluding hydrogens is 378 g/mol. The number of rotatable bonds is 3. The zero-order valence-electron chi connectivity index (χ0n) is 17.4. The van der Waals surface area contributed by atoms with Crippen LogP contribution in [0.1, 0.15) is 39.2 Å². The van der Waals surface area contributed by atoms with E-state index in [1.165, 1.54) is 12.7 Å². The van der Waals surface area contributed by atoms with Crippen LogP contribution in [0.15, 0.2) is 47.7 Å². The molecule has 30 heavy (non-hydrogen) atoms. The minimum Gasteiger partial charge on any atom is -0.497 e. The number of nitrogens with zero attached hydrogens (tertiary/aromatic N) is 5. The molecule has 3 heterocycles. The fourth-order valence-corrected chi connectivity index (χ4v) is 4.78. The third-order valence-electron chi connectivity index (χ3n) is 6.66. The Labute approximate surface area is 174 Å². The zero-order valence-corrected chi connectivity index (χ0v) is 17.4. The van der Waals surface area contributed by atoms with Gasteiger partial charge in [0.25, 0.3) is 11.3 Å². The summed E-state index contributed by atoms with van der Waals surface area (Å²) in [5, 5.41) is 4.93. The maximum Gasteiger partial charge on any atom is 0.262 e. The van der Waals surface area contributed by atoms with Crippen LogP contribution in [0.4, 0.5) is 0 Å². The van der Waals surface area contributed by atoms with E-state index in [1.54, 1.807) is 11.6 Å². The summed E-state index contributed by atoms with van der Waals surface area (Å²) in [6.07, 6.45) is 6.75. The summed E-state index contributed by atoms with van der Waals surface area (Å²) in [4.78, 5) is 22.7. The first-order chi connectivity index (χ1) is 14.6. The molecule has 7 nitrogen and oxygen atoms in total. The number of aromatic nitrogens is 5. The van der Waals surface area contributed by atoms with Crippen LogP contribution in [0.3, 0.4) is 0 Å². The van der Waals surface area contributed by atoms with Crippen LogP contribution < -0.4 is 10.3 Å². The molecule has 154 valence electrons. The Kier molecular flexibility index (Phi) is 4.53. The fraction of sp³-hybridized carbons (Fsp3) is 0.391. The summed E-state index contributed by atoms with van der Waals surface area (Å²) in [5.74, 6) is 2.23. The van der Waals surface area contributed by atoms with Crippen LogP contribution in [-0.2, 0) is 0 Å². The molecule has 0 bridgehead atoms. The second-order valence-electron chi connectivity index (χ2n) is 8.29. The molecule has 1 aliphatic carbocycles. The van der Waals surface area contributed by atoms with Crippen molar-refractivity contribution in [2.45, 2.75) is 39.2 Å². The molecule has 0 spiro atoms. The Bertz CT molecular complexity index is 1290. The van der Waals surface area contributed by atoms with Crippen molar-refractivity contribution in [3.8, 4) is 17.0 Å². The van der Waals surface area contributed by atoms with Crippen LogP contribution in [0.5, 0.6) is 5.75 Å². The van der Waals surface area contributed by atoms with Crippen molar-refractivity contribution >= 4 is 16.7 Å². The highest BCUT2D eigenvalue weighted by Crippen LogP contribution is 2.37. The van der Waals surface area contributed by atoms with Crippen molar-refractivity contribution in [2.24, 2.45) is 11.8 Å². The molecule has 7 heteroatoms. The summed E-state index contributed by atoms with van der Waals surface area (Å²) in [5.41, 5.74) is 2.15. The number of benzene rings is 1. The molecule has 0 unspecified atom stereocenters. The van der Waals surface area contributed by atoms with E-state index in [4.69, 9.17) is 4.74 Å². The van der Waals surface area contributed by atoms with Gasteiger partial charge in [0.1, 0.15) is 12.1 Å². The second kappa shape index (κ2) is 7.23. The average molecular weight is 403 g/mol. The number of methoxy groups -OCH3 is 1. The predicted octanol–water partition coefficient (Wildman–Crippen LogP) is 4.11. The van der Waals surface area contributed by atoms with Crippen LogP contribution >= 0.6 is 0 Å². The van der Waals surface area contributed by atoms with Gasteiger partial charge < -0.3 is 9.30 Å². The zero-order chi connectivity index (χ0) is 20.8. The first-order valence-electron chi connectivity index (χ1n) is 10.5.